The van der Waals surface area contributed by atoms with Gasteiger partial charge in [0, 0.05) is 21.8 Å². The molecule has 0 spiro atoms. The van der Waals surface area contributed by atoms with Gasteiger partial charge in [0.25, 0.3) is 5.43 Å². The van der Waals surface area contributed by atoms with Crippen molar-refractivity contribution in [3.63, 3.8) is 0 Å². The van der Waals surface area contributed by atoms with Crippen LogP contribution in [0.15, 0.2) is 58.1 Å². The molecule has 0 aliphatic rings. The minimum absolute atomic E-state index is 0.187. The fourth-order valence-corrected chi connectivity index (χ4v) is 2.91. The predicted octanol–water partition coefficient (Wildman–Crippen LogP) is 2.14. The number of benzene rings is 2. The Balaban J connectivity index is 2.03. The van der Waals surface area contributed by atoms with E-state index >= 15 is 0 Å². The number of hydrogen-bond acceptors (Lipinski definition) is 3. The van der Waals surface area contributed by atoms with E-state index in [1.165, 1.54) is 0 Å². The molecule has 4 rings (SSSR count). The van der Waals surface area contributed by atoms with Gasteiger partial charge in [0.15, 0.2) is 5.75 Å². The first-order valence-electron chi connectivity index (χ1n) is 6.65. The fraction of sp³-hybridized carbons (Fsp3) is 0.0588. The molecule has 1 heterocycles. The van der Waals surface area contributed by atoms with Crippen molar-refractivity contribution in [3.05, 3.63) is 74.5 Å². The number of nitrogens with zero attached hydrogens (tertiary/aromatic N) is 1. The second kappa shape index (κ2) is 4.06. The first kappa shape index (κ1) is 11.9. The summed E-state index contributed by atoms with van der Waals surface area (Å²) in [6, 6.07) is 15.8. The molecule has 0 unspecified atom stereocenters. The van der Waals surface area contributed by atoms with Gasteiger partial charge in [-0.1, -0.05) is 36.4 Å². The van der Waals surface area contributed by atoms with E-state index < -0.39 is 16.6 Å². The highest BCUT2D eigenvalue weighted by atomic mass is 16.3. The third kappa shape index (κ3) is 1.50. The SMILES string of the molecule is O=c1c(O)c(Cn2c3ccccc3c3ccccc32)c1=O. The Bertz CT molecular complexity index is 1010. The van der Waals surface area contributed by atoms with Crippen LogP contribution in [0, 0.1) is 0 Å². The summed E-state index contributed by atoms with van der Waals surface area (Å²) in [6.45, 7) is 0.213. The van der Waals surface area contributed by atoms with E-state index in [0.717, 1.165) is 21.8 Å². The minimum atomic E-state index is -0.786. The fourth-order valence-electron chi connectivity index (χ4n) is 2.91. The van der Waals surface area contributed by atoms with Crippen molar-refractivity contribution < 1.29 is 5.11 Å². The van der Waals surface area contributed by atoms with Gasteiger partial charge in [-0.3, -0.25) is 9.59 Å². The maximum absolute atomic E-state index is 11.6. The van der Waals surface area contributed by atoms with Crippen LogP contribution in [0.1, 0.15) is 5.56 Å². The smallest absolute Gasteiger partial charge is 0.268 e. The number of para-hydroxylation sites is 2. The number of rotatable bonds is 2. The number of aromatic hydroxyl groups is 1. The molecule has 1 N–H and O–H groups in total. The molecule has 0 fully saturated rings. The van der Waals surface area contributed by atoms with E-state index in [2.05, 4.69) is 0 Å². The molecule has 0 amide bonds. The zero-order chi connectivity index (χ0) is 14.6. The largest absolute Gasteiger partial charge is 0.504 e. The van der Waals surface area contributed by atoms with Crippen LogP contribution >= 0.6 is 0 Å². The molecule has 0 aliphatic heterocycles. The lowest BCUT2D eigenvalue weighted by molar-refractivity contribution is 0.452. The molecule has 1 aromatic heterocycles. The lowest BCUT2D eigenvalue weighted by Gasteiger charge is -2.09. The van der Waals surface area contributed by atoms with Crippen molar-refractivity contribution in [2.75, 3.05) is 0 Å². The molecule has 0 aliphatic carbocycles. The van der Waals surface area contributed by atoms with Gasteiger partial charge in [-0.05, 0) is 12.1 Å². The molecular formula is C17H11NO3. The third-order valence-corrected chi connectivity index (χ3v) is 3.98. The zero-order valence-corrected chi connectivity index (χ0v) is 11.0. The average molecular weight is 277 g/mol. The summed E-state index contributed by atoms with van der Waals surface area (Å²) < 4.78 is 1.96. The summed E-state index contributed by atoms with van der Waals surface area (Å²) in [5, 5.41) is 11.8. The lowest BCUT2D eigenvalue weighted by Crippen LogP contribution is -2.35. The Morgan fingerprint density at radius 2 is 1.33 bits per heavy atom. The Hall–Kier alpha value is -2.88. The highest BCUT2D eigenvalue weighted by Crippen LogP contribution is 2.29. The van der Waals surface area contributed by atoms with Crippen molar-refractivity contribution in [1.82, 2.24) is 4.57 Å². The average Bonchev–Trinajstić information content (AvgIpc) is 2.86. The molecule has 0 saturated carbocycles. The van der Waals surface area contributed by atoms with Gasteiger partial charge in [0.2, 0.25) is 5.43 Å². The van der Waals surface area contributed by atoms with Crippen molar-refractivity contribution >= 4 is 21.8 Å². The summed E-state index contributed by atoms with van der Waals surface area (Å²) in [4.78, 5) is 22.8. The van der Waals surface area contributed by atoms with Crippen LogP contribution in [0.3, 0.4) is 0 Å². The van der Waals surface area contributed by atoms with Crippen molar-refractivity contribution in [3.8, 4) is 5.75 Å². The Morgan fingerprint density at radius 3 is 1.86 bits per heavy atom. The van der Waals surface area contributed by atoms with Crippen molar-refractivity contribution in [1.29, 1.82) is 0 Å². The number of fused-ring (bicyclic) bond motifs is 3. The maximum atomic E-state index is 11.6. The quantitative estimate of drug-likeness (QED) is 0.571. The molecule has 4 aromatic rings. The van der Waals surface area contributed by atoms with Crippen LogP contribution in [-0.4, -0.2) is 9.67 Å². The van der Waals surface area contributed by atoms with Gasteiger partial charge >= 0.3 is 0 Å². The molecule has 4 heteroatoms. The third-order valence-electron chi connectivity index (χ3n) is 3.98. The monoisotopic (exact) mass is 277 g/mol. The second-order valence-electron chi connectivity index (χ2n) is 5.11. The van der Waals surface area contributed by atoms with Crippen LogP contribution in [0.25, 0.3) is 21.8 Å². The molecular weight excluding hydrogens is 266 g/mol. The van der Waals surface area contributed by atoms with Gasteiger partial charge in [0.05, 0.1) is 12.1 Å². The first-order chi connectivity index (χ1) is 10.2. The highest BCUT2D eigenvalue weighted by molar-refractivity contribution is 6.08. The van der Waals surface area contributed by atoms with Crippen LogP contribution in [0.4, 0.5) is 0 Å². The summed E-state index contributed by atoms with van der Waals surface area (Å²) in [5.41, 5.74) is 0.768. The molecule has 0 radical (unpaired) electrons. The minimum Gasteiger partial charge on any atom is -0.504 e. The Labute approximate surface area is 119 Å². The molecule has 0 saturated heterocycles. The van der Waals surface area contributed by atoms with Crippen LogP contribution in [-0.2, 0) is 6.54 Å². The number of hydrogen-bond donors (Lipinski definition) is 1. The summed E-state index contributed by atoms with van der Waals surface area (Å²) in [5.74, 6) is -0.401. The van der Waals surface area contributed by atoms with Gasteiger partial charge < -0.3 is 9.67 Å². The van der Waals surface area contributed by atoms with E-state index in [4.69, 9.17) is 0 Å². The first-order valence-corrected chi connectivity index (χ1v) is 6.65. The summed E-state index contributed by atoms with van der Waals surface area (Å²) in [6.07, 6.45) is 0. The van der Waals surface area contributed by atoms with Crippen LogP contribution < -0.4 is 10.9 Å². The summed E-state index contributed by atoms with van der Waals surface area (Å²) >= 11 is 0. The molecule has 102 valence electrons. The van der Waals surface area contributed by atoms with E-state index in [1.54, 1.807) is 0 Å². The lowest BCUT2D eigenvalue weighted by atomic mass is 10.1. The van der Waals surface area contributed by atoms with E-state index in [0.29, 0.717) is 0 Å². The summed E-state index contributed by atoms with van der Waals surface area (Å²) in [7, 11) is 0. The van der Waals surface area contributed by atoms with Crippen LogP contribution in [0.5, 0.6) is 5.75 Å². The second-order valence-corrected chi connectivity index (χ2v) is 5.11. The van der Waals surface area contributed by atoms with Gasteiger partial charge in [-0.2, -0.15) is 0 Å². The van der Waals surface area contributed by atoms with E-state index in [1.807, 2.05) is 53.1 Å². The van der Waals surface area contributed by atoms with Crippen molar-refractivity contribution in [2.24, 2.45) is 0 Å². The zero-order valence-electron chi connectivity index (χ0n) is 11.0. The topological polar surface area (TPSA) is 59.3 Å². The van der Waals surface area contributed by atoms with Crippen molar-refractivity contribution in [2.45, 2.75) is 6.54 Å². The van der Waals surface area contributed by atoms with Gasteiger partial charge in [0.1, 0.15) is 0 Å². The van der Waals surface area contributed by atoms with Gasteiger partial charge in [-0.15, -0.1) is 0 Å². The Kier molecular flexibility index (Phi) is 2.30. The maximum Gasteiger partial charge on any atom is 0.268 e. The molecule has 3 aromatic carbocycles. The normalized spacial score (nSPS) is 11.6. The Morgan fingerprint density at radius 1 is 0.810 bits per heavy atom. The molecule has 4 nitrogen and oxygen atoms in total. The predicted molar refractivity (Wildman–Crippen MR) is 81.6 cm³/mol. The number of aromatic nitrogens is 1. The van der Waals surface area contributed by atoms with Gasteiger partial charge in [-0.25, -0.2) is 0 Å². The van der Waals surface area contributed by atoms with Crippen LogP contribution in [0.2, 0.25) is 0 Å². The standard InChI is InChI=1S/C17H11NO3/c19-15-12(16(20)17(15)21)9-18-13-7-3-1-5-10(13)11-6-2-4-8-14(11)18/h1-8,19H,9H2. The van der Waals surface area contributed by atoms with E-state index in [-0.39, 0.29) is 12.1 Å². The van der Waals surface area contributed by atoms with E-state index in [9.17, 15) is 14.7 Å². The molecule has 21 heavy (non-hydrogen) atoms. The molecule has 0 bridgehead atoms. The molecule has 0 atom stereocenters. The highest BCUT2D eigenvalue weighted by Gasteiger charge is 2.21.